The summed E-state index contributed by atoms with van der Waals surface area (Å²) in [6.45, 7) is 5.52. The van der Waals surface area contributed by atoms with Gasteiger partial charge < -0.3 is 19.4 Å². The molecule has 12 nitrogen and oxygen atoms in total. The van der Waals surface area contributed by atoms with E-state index in [1.165, 1.54) is 30.8 Å². The minimum absolute atomic E-state index is 0.00341. The molecule has 1 N–H and O–H groups in total. The number of para-hydroxylation sites is 1. The second-order valence-electron chi connectivity index (χ2n) is 10.7. The van der Waals surface area contributed by atoms with Crippen molar-refractivity contribution in [1.82, 2.24) is 24.7 Å². The van der Waals surface area contributed by atoms with Gasteiger partial charge in [0.15, 0.2) is 34.6 Å². The van der Waals surface area contributed by atoms with Crippen LogP contribution in [0.5, 0.6) is 0 Å². The van der Waals surface area contributed by atoms with Crippen molar-refractivity contribution in [3.63, 3.8) is 0 Å². The number of rotatable bonds is 11. The Hall–Kier alpha value is -4.90. The van der Waals surface area contributed by atoms with Gasteiger partial charge in [0.1, 0.15) is 11.4 Å². The second-order valence-corrected chi connectivity index (χ2v) is 13.8. The van der Waals surface area contributed by atoms with Crippen molar-refractivity contribution in [2.45, 2.75) is 31.8 Å². The van der Waals surface area contributed by atoms with E-state index in [0.29, 0.717) is 39.9 Å². The van der Waals surface area contributed by atoms with Gasteiger partial charge >= 0.3 is 12.1 Å². The lowest BCUT2D eigenvalue weighted by Crippen LogP contribution is -2.11. The largest absolute Gasteiger partial charge is 0.435 e. The highest BCUT2D eigenvalue weighted by Crippen LogP contribution is 2.36. The predicted octanol–water partition coefficient (Wildman–Crippen LogP) is 7.76. The lowest BCUT2D eigenvalue weighted by molar-refractivity contribution is -0.137. The van der Waals surface area contributed by atoms with Crippen LogP contribution < -0.4 is 5.32 Å². The number of nitrogens with zero attached hydrogens (tertiary/aromatic N) is 5. The third kappa shape index (κ3) is 9.30. The third-order valence-corrected chi connectivity index (χ3v) is 9.84. The maximum absolute atomic E-state index is 13.0. The van der Waals surface area contributed by atoms with Crippen molar-refractivity contribution in [3.8, 4) is 23.0 Å². The van der Waals surface area contributed by atoms with Crippen molar-refractivity contribution >= 4 is 56.7 Å². The molecule has 0 spiro atoms. The van der Waals surface area contributed by atoms with E-state index in [1.807, 2.05) is 19.9 Å². The Morgan fingerprint density at radius 2 is 1.73 bits per heavy atom. The van der Waals surface area contributed by atoms with E-state index < -0.39 is 27.5 Å². The number of aldehydes is 1. The van der Waals surface area contributed by atoms with Crippen LogP contribution in [0.3, 0.4) is 0 Å². The van der Waals surface area contributed by atoms with Gasteiger partial charge in [0.2, 0.25) is 0 Å². The van der Waals surface area contributed by atoms with E-state index in [-0.39, 0.29) is 46.0 Å². The third-order valence-electron chi connectivity index (χ3n) is 7.30. The molecule has 274 valence electrons. The van der Waals surface area contributed by atoms with E-state index >= 15 is 0 Å². The number of carbonyl (C=O) groups is 2. The van der Waals surface area contributed by atoms with E-state index in [1.54, 1.807) is 30.3 Å². The number of alkyl halides is 3. The number of benzene rings is 2. The van der Waals surface area contributed by atoms with Gasteiger partial charge in [-0.2, -0.15) is 13.2 Å². The van der Waals surface area contributed by atoms with E-state index in [0.717, 1.165) is 23.9 Å². The number of esters is 1. The predicted molar refractivity (Wildman–Crippen MR) is 188 cm³/mol. The van der Waals surface area contributed by atoms with Crippen molar-refractivity contribution in [2.75, 3.05) is 24.5 Å². The number of sulfone groups is 1. The molecule has 0 bridgehead atoms. The Kier molecular flexibility index (Phi) is 13.1. The smallest absolute Gasteiger partial charge is 0.416 e. The fourth-order valence-corrected chi connectivity index (χ4v) is 6.03. The van der Waals surface area contributed by atoms with Crippen molar-refractivity contribution in [3.05, 3.63) is 99.3 Å². The first-order chi connectivity index (χ1) is 24.6. The standard InChI is InChI=1S/C17H17Cl2NO3.C17H14F3N5O3S/c1-3-22-10-23-17(21)12-6-4-5-7-14(12)20-16-13(18)9-8-11(2)15(16)19;1-3-29(27,28)13-6-10(9-26)8-22-14(13)16-24-23-15(25(16)2)12-7-11(4-5-21-12)17(18,19)20/h4-9,20H,3,10H2,1-2H3;4-9H,3H2,1-2H3. The number of ether oxygens (including phenoxy) is 2. The maximum atomic E-state index is 13.0. The molecule has 0 aliphatic rings. The fourth-order valence-electron chi connectivity index (χ4n) is 4.50. The summed E-state index contributed by atoms with van der Waals surface area (Å²) in [5.41, 5.74) is 1.37. The summed E-state index contributed by atoms with van der Waals surface area (Å²) in [5.74, 6) is -0.735. The first-order valence-corrected chi connectivity index (χ1v) is 17.7. The Morgan fingerprint density at radius 3 is 2.40 bits per heavy atom. The topological polar surface area (TPSA) is 155 Å². The van der Waals surface area contributed by atoms with Crippen LogP contribution in [0.2, 0.25) is 10.0 Å². The maximum Gasteiger partial charge on any atom is 0.416 e. The van der Waals surface area contributed by atoms with Crippen LogP contribution in [0.25, 0.3) is 23.0 Å². The molecule has 0 fully saturated rings. The van der Waals surface area contributed by atoms with Crippen molar-refractivity contribution < 1.29 is 40.7 Å². The molecular formula is C34H31Cl2F3N6O6S. The Morgan fingerprint density at radius 1 is 1.02 bits per heavy atom. The molecule has 0 unspecified atom stereocenters. The lowest BCUT2D eigenvalue weighted by atomic mass is 10.1. The summed E-state index contributed by atoms with van der Waals surface area (Å²) >= 11 is 12.5. The summed E-state index contributed by atoms with van der Waals surface area (Å²) in [6.07, 6.45) is -1.93. The number of halogens is 5. The summed E-state index contributed by atoms with van der Waals surface area (Å²) in [7, 11) is -2.33. The molecule has 0 radical (unpaired) electrons. The minimum atomic E-state index is -4.56. The number of nitrogens with one attached hydrogen (secondary N) is 1. The molecule has 3 aromatic heterocycles. The highest BCUT2D eigenvalue weighted by Gasteiger charge is 2.32. The molecule has 0 aliphatic carbocycles. The van der Waals surface area contributed by atoms with Gasteiger partial charge in [-0.15, -0.1) is 10.2 Å². The number of hydrogen-bond acceptors (Lipinski definition) is 11. The van der Waals surface area contributed by atoms with Crippen LogP contribution in [-0.4, -0.2) is 64.6 Å². The number of aryl methyl sites for hydroxylation is 1. The molecular weight excluding hydrogens is 748 g/mol. The summed E-state index contributed by atoms with van der Waals surface area (Å²) < 4.78 is 75.2. The van der Waals surface area contributed by atoms with Crippen LogP contribution in [0.15, 0.2) is 71.9 Å². The molecule has 0 amide bonds. The zero-order chi connectivity index (χ0) is 38.2. The molecule has 0 atom stereocenters. The molecule has 0 aliphatic heterocycles. The first-order valence-electron chi connectivity index (χ1n) is 15.3. The average Bonchev–Trinajstić information content (AvgIpc) is 3.52. The van der Waals surface area contributed by atoms with Crippen LogP contribution in [0.4, 0.5) is 24.5 Å². The van der Waals surface area contributed by atoms with Gasteiger partial charge in [-0.1, -0.05) is 48.3 Å². The normalized spacial score (nSPS) is 11.4. The molecule has 0 saturated heterocycles. The molecule has 0 saturated carbocycles. The highest BCUT2D eigenvalue weighted by molar-refractivity contribution is 7.91. The summed E-state index contributed by atoms with van der Waals surface area (Å²) in [5, 5.41) is 11.8. The fraction of sp³-hybridized carbons (Fsp3) is 0.235. The number of anilines is 2. The van der Waals surface area contributed by atoms with Crippen LogP contribution >= 0.6 is 23.2 Å². The van der Waals surface area contributed by atoms with E-state index in [9.17, 15) is 31.2 Å². The Balaban J connectivity index is 0.000000239. The van der Waals surface area contributed by atoms with Gasteiger partial charge in [-0.3, -0.25) is 14.8 Å². The molecule has 5 aromatic rings. The quantitative estimate of drug-likeness (QED) is 0.0605. The van der Waals surface area contributed by atoms with Crippen LogP contribution in [0.1, 0.15) is 45.7 Å². The van der Waals surface area contributed by atoms with Gasteiger partial charge in [-0.25, -0.2) is 13.2 Å². The number of hydrogen-bond donors (Lipinski definition) is 1. The number of aromatic nitrogens is 5. The van der Waals surface area contributed by atoms with Gasteiger partial charge in [0.25, 0.3) is 0 Å². The first kappa shape index (κ1) is 39.9. The number of pyridine rings is 2. The van der Waals surface area contributed by atoms with Crippen molar-refractivity contribution in [1.29, 1.82) is 0 Å². The molecule has 18 heteroatoms. The Bertz CT molecular complexity index is 2200. The zero-order valence-corrected chi connectivity index (χ0v) is 30.4. The summed E-state index contributed by atoms with van der Waals surface area (Å²) in [4.78, 5) is 30.9. The van der Waals surface area contributed by atoms with Gasteiger partial charge in [-0.05, 0) is 55.8 Å². The second kappa shape index (κ2) is 17.1. The van der Waals surface area contributed by atoms with Crippen molar-refractivity contribution in [2.24, 2.45) is 7.05 Å². The van der Waals surface area contributed by atoms with Gasteiger partial charge in [0, 0.05) is 31.6 Å². The molecule has 52 heavy (non-hydrogen) atoms. The van der Waals surface area contributed by atoms with Crippen LogP contribution in [0, 0.1) is 6.92 Å². The molecule has 3 heterocycles. The number of carbonyl (C=O) groups excluding carboxylic acids is 2. The lowest BCUT2D eigenvalue weighted by Gasteiger charge is -2.15. The average molecular weight is 780 g/mol. The SMILES string of the molecule is CCOCOC(=O)c1ccccc1Nc1c(Cl)ccc(C)c1Cl.CCS(=O)(=O)c1cc(C=O)cnc1-c1nnc(-c2cc(C(F)(F)F)ccn2)n1C. The van der Waals surface area contributed by atoms with Gasteiger partial charge in [0.05, 0.1) is 43.2 Å². The molecule has 2 aromatic carbocycles. The highest BCUT2D eigenvalue weighted by atomic mass is 35.5. The van der Waals surface area contributed by atoms with E-state index in [4.69, 9.17) is 32.7 Å². The summed E-state index contributed by atoms with van der Waals surface area (Å²) in [6, 6.07) is 13.4. The zero-order valence-electron chi connectivity index (χ0n) is 28.0. The minimum Gasteiger partial charge on any atom is -0.435 e. The Labute approximate surface area is 306 Å². The monoisotopic (exact) mass is 778 g/mol. The molecule has 5 rings (SSSR count). The van der Waals surface area contributed by atoms with E-state index in [2.05, 4.69) is 25.5 Å². The van der Waals surface area contributed by atoms with Crippen LogP contribution in [-0.2, 0) is 32.5 Å².